The zero-order chi connectivity index (χ0) is 11.0. The molecule has 0 N–H and O–H groups in total. The highest BCUT2D eigenvalue weighted by atomic mass is 35.5. The van der Waals surface area contributed by atoms with E-state index in [2.05, 4.69) is 9.68 Å². The van der Waals surface area contributed by atoms with E-state index in [1.54, 1.807) is 6.07 Å². The molecule has 0 unspecified atom stereocenters. The molecule has 1 aromatic carbocycles. The average Bonchev–Trinajstić information content (AvgIpc) is 2.22. The number of halogens is 2. The van der Waals surface area contributed by atoms with Gasteiger partial charge in [0, 0.05) is 5.39 Å². The molecule has 1 aromatic heterocycles. The van der Waals surface area contributed by atoms with Gasteiger partial charge >= 0.3 is 5.63 Å². The van der Waals surface area contributed by atoms with Crippen LogP contribution in [0.4, 0.5) is 0 Å². The Balaban J connectivity index is 2.95. The number of hydrogen-bond acceptors (Lipinski definition) is 3. The highest BCUT2D eigenvalue weighted by Gasteiger charge is 2.09. The van der Waals surface area contributed by atoms with Crippen LogP contribution in [-0.4, -0.2) is 5.16 Å². The van der Waals surface area contributed by atoms with Gasteiger partial charge in [0.2, 0.25) is 0 Å². The van der Waals surface area contributed by atoms with Gasteiger partial charge in [-0.25, -0.2) is 4.79 Å². The molecule has 0 saturated heterocycles. The van der Waals surface area contributed by atoms with Gasteiger partial charge in [-0.2, -0.15) is 0 Å². The van der Waals surface area contributed by atoms with E-state index < -0.39 is 5.63 Å². The third kappa shape index (κ3) is 1.73. The summed E-state index contributed by atoms with van der Waals surface area (Å²) in [5.74, 6) is 0. The summed E-state index contributed by atoms with van der Waals surface area (Å²) in [5.41, 5.74) is 0.198. The molecule has 0 spiro atoms. The van der Waals surface area contributed by atoms with Crippen molar-refractivity contribution in [1.82, 2.24) is 5.16 Å². The molecule has 0 bridgehead atoms. The van der Waals surface area contributed by atoms with E-state index >= 15 is 0 Å². The first-order chi connectivity index (χ1) is 7.13. The minimum absolute atomic E-state index is 0.338. The fourth-order valence-electron chi connectivity index (χ4n) is 1.40. The molecule has 1 heterocycles. The lowest BCUT2D eigenvalue weighted by Crippen LogP contribution is -2.04. The zero-order valence-electron chi connectivity index (χ0n) is 7.88. The van der Waals surface area contributed by atoms with Crippen molar-refractivity contribution in [2.75, 3.05) is 0 Å². The fourth-order valence-corrected chi connectivity index (χ4v) is 1.73. The Morgan fingerprint density at radius 3 is 2.47 bits per heavy atom. The lowest BCUT2D eigenvalue weighted by molar-refractivity contribution is 0.368. The monoisotopic (exact) mass is 243 g/mol. The molecule has 0 aliphatic heterocycles. The molecule has 78 valence electrons. The van der Waals surface area contributed by atoms with E-state index in [1.165, 1.54) is 6.07 Å². The van der Waals surface area contributed by atoms with Crippen LogP contribution in [0, 0.1) is 0 Å². The van der Waals surface area contributed by atoms with Crippen molar-refractivity contribution in [3.63, 3.8) is 0 Å². The predicted molar refractivity (Wildman–Crippen MR) is 59.7 cm³/mol. The fraction of sp³-hybridized carbons (Fsp3) is 0.200. The van der Waals surface area contributed by atoms with E-state index in [-0.39, 0.29) is 0 Å². The van der Waals surface area contributed by atoms with Gasteiger partial charge in [0.25, 0.3) is 0 Å². The van der Waals surface area contributed by atoms with Gasteiger partial charge in [-0.15, -0.1) is 0 Å². The van der Waals surface area contributed by atoms with Crippen molar-refractivity contribution >= 4 is 34.0 Å². The van der Waals surface area contributed by atoms with Gasteiger partial charge in [0.15, 0.2) is 0 Å². The minimum atomic E-state index is -0.499. The number of aromatic nitrogens is 1. The number of fused-ring (bicyclic) bond motifs is 1. The summed E-state index contributed by atoms with van der Waals surface area (Å²) in [5, 5.41) is 5.56. The lowest BCUT2D eigenvalue weighted by atomic mass is 10.1. The van der Waals surface area contributed by atoms with Gasteiger partial charge in [0.05, 0.1) is 21.1 Å². The SMILES string of the molecule is CCc1noc(=O)c2cc(Cl)c(Cl)cc12. The van der Waals surface area contributed by atoms with Crippen LogP contribution >= 0.6 is 23.2 Å². The van der Waals surface area contributed by atoms with Crippen LogP contribution in [0.2, 0.25) is 10.0 Å². The largest absolute Gasteiger partial charge is 0.366 e. The maximum Gasteiger partial charge on any atom is 0.366 e. The van der Waals surface area contributed by atoms with Gasteiger partial charge in [-0.05, 0) is 18.6 Å². The van der Waals surface area contributed by atoms with Crippen molar-refractivity contribution in [3.05, 3.63) is 38.3 Å². The maximum absolute atomic E-state index is 11.4. The molecule has 0 aliphatic carbocycles. The van der Waals surface area contributed by atoms with E-state index in [4.69, 9.17) is 23.2 Å². The van der Waals surface area contributed by atoms with Crippen LogP contribution in [-0.2, 0) is 6.42 Å². The molecular weight excluding hydrogens is 237 g/mol. The third-order valence-corrected chi connectivity index (χ3v) is 2.89. The Morgan fingerprint density at radius 2 is 1.87 bits per heavy atom. The summed E-state index contributed by atoms with van der Waals surface area (Å²) in [6, 6.07) is 3.15. The maximum atomic E-state index is 11.4. The number of rotatable bonds is 1. The molecule has 0 aliphatic rings. The molecule has 2 aromatic rings. The summed E-state index contributed by atoms with van der Waals surface area (Å²) in [4.78, 5) is 11.4. The summed E-state index contributed by atoms with van der Waals surface area (Å²) in [6.45, 7) is 1.92. The van der Waals surface area contributed by atoms with Crippen molar-refractivity contribution in [1.29, 1.82) is 0 Å². The van der Waals surface area contributed by atoms with E-state index in [0.29, 0.717) is 32.9 Å². The Hall–Kier alpha value is -1.06. The van der Waals surface area contributed by atoms with Crippen molar-refractivity contribution in [2.45, 2.75) is 13.3 Å². The summed E-state index contributed by atoms with van der Waals surface area (Å²) >= 11 is 11.7. The second-order valence-electron chi connectivity index (χ2n) is 3.08. The molecule has 0 saturated carbocycles. The minimum Gasteiger partial charge on any atom is -0.312 e. The van der Waals surface area contributed by atoms with Crippen molar-refractivity contribution < 1.29 is 4.52 Å². The van der Waals surface area contributed by atoms with Crippen LogP contribution in [0.1, 0.15) is 12.6 Å². The van der Waals surface area contributed by atoms with E-state index in [9.17, 15) is 4.79 Å². The molecule has 3 nitrogen and oxygen atoms in total. The second kappa shape index (κ2) is 3.83. The van der Waals surface area contributed by atoms with Gasteiger partial charge in [-0.3, -0.25) is 0 Å². The van der Waals surface area contributed by atoms with Crippen LogP contribution in [0.25, 0.3) is 10.8 Å². The average molecular weight is 244 g/mol. The van der Waals surface area contributed by atoms with E-state index in [0.717, 1.165) is 0 Å². The van der Waals surface area contributed by atoms with Crippen molar-refractivity contribution in [3.8, 4) is 0 Å². The highest BCUT2D eigenvalue weighted by molar-refractivity contribution is 6.42. The van der Waals surface area contributed by atoms with Crippen LogP contribution in [0.3, 0.4) is 0 Å². The Bertz CT molecular complexity index is 577. The van der Waals surface area contributed by atoms with Gasteiger partial charge in [-0.1, -0.05) is 35.3 Å². The van der Waals surface area contributed by atoms with E-state index in [1.807, 2.05) is 6.92 Å². The molecule has 0 atom stereocenters. The Kier molecular flexibility index (Phi) is 2.67. The molecule has 2 rings (SSSR count). The number of nitrogens with zero attached hydrogens (tertiary/aromatic N) is 1. The highest BCUT2D eigenvalue weighted by Crippen LogP contribution is 2.27. The molecular formula is C10H7Cl2NO2. The number of benzene rings is 1. The number of aryl methyl sites for hydroxylation is 1. The predicted octanol–water partition coefficient (Wildman–Crippen LogP) is 3.06. The quantitative estimate of drug-likeness (QED) is 0.774. The first kappa shape index (κ1) is 10.5. The Morgan fingerprint density at radius 1 is 1.27 bits per heavy atom. The van der Waals surface area contributed by atoms with Crippen LogP contribution < -0.4 is 5.63 Å². The smallest absolute Gasteiger partial charge is 0.312 e. The molecule has 5 heteroatoms. The molecule has 15 heavy (non-hydrogen) atoms. The Labute approximate surface area is 95.6 Å². The molecule has 0 fully saturated rings. The third-order valence-electron chi connectivity index (χ3n) is 2.16. The van der Waals surface area contributed by atoms with Crippen LogP contribution in [0.5, 0.6) is 0 Å². The summed E-state index contributed by atoms with van der Waals surface area (Å²) in [6.07, 6.45) is 0.665. The first-order valence-corrected chi connectivity index (χ1v) is 5.16. The zero-order valence-corrected chi connectivity index (χ0v) is 9.39. The van der Waals surface area contributed by atoms with Gasteiger partial charge in [0.1, 0.15) is 0 Å². The molecule has 0 radical (unpaired) electrons. The molecule has 0 amide bonds. The second-order valence-corrected chi connectivity index (χ2v) is 3.90. The van der Waals surface area contributed by atoms with Crippen molar-refractivity contribution in [2.24, 2.45) is 0 Å². The topological polar surface area (TPSA) is 43.1 Å². The normalized spacial score (nSPS) is 10.9. The van der Waals surface area contributed by atoms with Crippen LogP contribution in [0.15, 0.2) is 21.5 Å². The summed E-state index contributed by atoms with van der Waals surface area (Å²) in [7, 11) is 0. The standard InChI is InChI=1S/C10H7Cl2NO2/c1-2-9-5-3-7(11)8(12)4-6(5)10(14)15-13-9/h3-4H,2H2,1H3. The summed E-state index contributed by atoms with van der Waals surface area (Å²) < 4.78 is 4.65. The number of hydrogen-bond donors (Lipinski definition) is 0. The van der Waals surface area contributed by atoms with Gasteiger partial charge < -0.3 is 4.52 Å². The lowest BCUT2D eigenvalue weighted by Gasteiger charge is -2.02. The first-order valence-electron chi connectivity index (χ1n) is 4.41.